The summed E-state index contributed by atoms with van der Waals surface area (Å²) in [5.74, 6) is -2.49. The molecular formula is C10H13FN2O6S2. The highest BCUT2D eigenvalue weighted by molar-refractivity contribution is 7.90. The molecule has 0 aliphatic rings. The molecule has 1 aromatic rings. The van der Waals surface area contributed by atoms with Crippen LogP contribution in [0, 0.1) is 5.82 Å². The molecule has 0 aromatic heterocycles. The van der Waals surface area contributed by atoms with Crippen molar-refractivity contribution in [3.63, 3.8) is 0 Å². The molecule has 0 saturated carbocycles. The number of primary sulfonamides is 1. The molecule has 0 spiro atoms. The first-order valence-corrected chi connectivity index (χ1v) is 8.64. The van der Waals surface area contributed by atoms with Gasteiger partial charge in [-0.1, -0.05) is 0 Å². The third-order valence-electron chi connectivity index (χ3n) is 2.32. The Morgan fingerprint density at radius 3 is 2.48 bits per heavy atom. The molecule has 11 heteroatoms. The van der Waals surface area contributed by atoms with Crippen molar-refractivity contribution in [3.05, 3.63) is 29.6 Å². The van der Waals surface area contributed by atoms with E-state index >= 15 is 0 Å². The van der Waals surface area contributed by atoms with Crippen molar-refractivity contribution in [2.45, 2.75) is 4.90 Å². The fourth-order valence-corrected chi connectivity index (χ4v) is 3.14. The minimum absolute atomic E-state index is 0.373. The normalized spacial score (nSPS) is 12.1. The van der Waals surface area contributed by atoms with Crippen molar-refractivity contribution < 1.29 is 30.8 Å². The Bertz CT molecular complexity index is 745. The molecule has 21 heavy (non-hydrogen) atoms. The number of carbonyl (C=O) groups is 1. The summed E-state index contributed by atoms with van der Waals surface area (Å²) in [7, 11) is -7.12. The number of methoxy groups -OCH3 is 1. The molecule has 0 unspecified atom stereocenters. The van der Waals surface area contributed by atoms with E-state index in [1.54, 1.807) is 0 Å². The molecule has 3 N–H and O–H groups in total. The minimum Gasteiger partial charge on any atom is -0.465 e. The van der Waals surface area contributed by atoms with Gasteiger partial charge < -0.3 is 4.74 Å². The first-order valence-electron chi connectivity index (χ1n) is 5.45. The number of esters is 1. The van der Waals surface area contributed by atoms with E-state index < -0.39 is 49.0 Å². The Labute approximate surface area is 121 Å². The van der Waals surface area contributed by atoms with E-state index in [9.17, 15) is 26.0 Å². The number of benzene rings is 1. The van der Waals surface area contributed by atoms with Crippen LogP contribution in [0.1, 0.15) is 10.4 Å². The maximum atomic E-state index is 13.2. The van der Waals surface area contributed by atoms with Gasteiger partial charge in [0.2, 0.25) is 20.0 Å². The van der Waals surface area contributed by atoms with Crippen LogP contribution in [-0.4, -0.2) is 42.2 Å². The highest BCUT2D eigenvalue weighted by atomic mass is 32.2. The summed E-state index contributed by atoms with van der Waals surface area (Å²) in [6, 6.07) is 2.48. The zero-order valence-corrected chi connectivity index (χ0v) is 12.5. The number of nitrogens with two attached hydrogens (primary N) is 1. The lowest BCUT2D eigenvalue weighted by Crippen LogP contribution is -2.32. The molecule has 0 saturated heterocycles. The summed E-state index contributed by atoms with van der Waals surface area (Å²) >= 11 is 0. The molecule has 0 heterocycles. The first-order chi connectivity index (χ1) is 9.57. The largest absolute Gasteiger partial charge is 0.465 e. The first kappa shape index (κ1) is 17.5. The van der Waals surface area contributed by atoms with E-state index in [1.165, 1.54) is 0 Å². The summed E-state index contributed by atoms with van der Waals surface area (Å²) < 4.78 is 65.0. The highest BCUT2D eigenvalue weighted by Gasteiger charge is 2.24. The fraction of sp³-hybridized carbons (Fsp3) is 0.300. The van der Waals surface area contributed by atoms with Crippen LogP contribution < -0.4 is 9.86 Å². The summed E-state index contributed by atoms with van der Waals surface area (Å²) in [5, 5.41) is 4.73. The average Bonchev–Trinajstić information content (AvgIpc) is 2.36. The van der Waals surface area contributed by atoms with Gasteiger partial charge in [-0.2, -0.15) is 0 Å². The second-order valence-corrected chi connectivity index (χ2v) is 7.37. The number of halogens is 1. The van der Waals surface area contributed by atoms with Crippen molar-refractivity contribution >= 4 is 26.0 Å². The summed E-state index contributed by atoms with van der Waals surface area (Å²) in [6.45, 7) is -0.516. The molecular weight excluding hydrogens is 327 g/mol. The molecule has 0 fully saturated rings. The van der Waals surface area contributed by atoms with Gasteiger partial charge in [-0.25, -0.2) is 35.9 Å². The molecule has 0 aliphatic carbocycles. The number of rotatable bonds is 6. The lowest BCUT2D eigenvalue weighted by molar-refractivity contribution is 0.0596. The average molecular weight is 340 g/mol. The Hall–Kier alpha value is -1.56. The number of ether oxygens (including phenoxy) is 1. The number of hydrogen-bond donors (Lipinski definition) is 2. The third kappa shape index (κ3) is 5.04. The molecule has 118 valence electrons. The Balaban J connectivity index is 3.12. The van der Waals surface area contributed by atoms with Gasteiger partial charge in [0.1, 0.15) is 5.82 Å². The SMILES string of the molecule is COC(=O)c1ccc(F)cc1S(=O)(=O)NCCS(N)(=O)=O. The smallest absolute Gasteiger partial charge is 0.339 e. The Morgan fingerprint density at radius 2 is 1.95 bits per heavy atom. The van der Waals surface area contributed by atoms with E-state index in [1.807, 2.05) is 4.72 Å². The van der Waals surface area contributed by atoms with Gasteiger partial charge in [0, 0.05) is 6.54 Å². The van der Waals surface area contributed by atoms with Gasteiger partial charge >= 0.3 is 5.97 Å². The number of carbonyl (C=O) groups excluding carboxylic acids is 1. The van der Waals surface area contributed by atoms with E-state index in [2.05, 4.69) is 4.74 Å². The standard InChI is InChI=1S/C10H13FN2O6S2/c1-19-10(14)8-3-2-7(11)6-9(8)21(17,18)13-4-5-20(12,15)16/h2-3,6,13H,4-5H2,1H3,(H2,12,15,16). The van der Waals surface area contributed by atoms with Crippen LogP contribution in [0.4, 0.5) is 4.39 Å². The number of sulfonamides is 2. The van der Waals surface area contributed by atoms with E-state index in [4.69, 9.17) is 5.14 Å². The van der Waals surface area contributed by atoms with Gasteiger partial charge in [-0.3, -0.25) is 0 Å². The molecule has 0 aliphatic heterocycles. The topological polar surface area (TPSA) is 133 Å². The fourth-order valence-electron chi connectivity index (χ4n) is 1.39. The van der Waals surface area contributed by atoms with Crippen molar-refractivity contribution in [1.82, 2.24) is 4.72 Å². The summed E-state index contributed by atoms with van der Waals surface area (Å²) in [5.41, 5.74) is -0.373. The summed E-state index contributed by atoms with van der Waals surface area (Å²) in [6.07, 6.45) is 0. The third-order valence-corrected chi connectivity index (χ3v) is 4.59. The molecule has 1 aromatic carbocycles. The van der Waals surface area contributed by atoms with Gasteiger partial charge in [-0.05, 0) is 18.2 Å². The number of nitrogens with one attached hydrogen (secondary N) is 1. The van der Waals surface area contributed by atoms with Gasteiger partial charge in [0.25, 0.3) is 0 Å². The van der Waals surface area contributed by atoms with Gasteiger partial charge in [-0.15, -0.1) is 0 Å². The molecule has 0 atom stereocenters. The second-order valence-electron chi connectivity index (χ2n) is 3.90. The summed E-state index contributed by atoms with van der Waals surface area (Å²) in [4.78, 5) is 10.8. The lowest BCUT2D eigenvalue weighted by Gasteiger charge is -2.10. The van der Waals surface area contributed by atoms with Gasteiger partial charge in [0.05, 0.1) is 23.3 Å². The van der Waals surface area contributed by atoms with Crippen LogP contribution >= 0.6 is 0 Å². The second kappa shape index (κ2) is 6.47. The van der Waals surface area contributed by atoms with Gasteiger partial charge in [0.15, 0.2) is 0 Å². The lowest BCUT2D eigenvalue weighted by atomic mass is 10.2. The van der Waals surface area contributed by atoms with Crippen molar-refractivity contribution in [3.8, 4) is 0 Å². The van der Waals surface area contributed by atoms with E-state index in [0.29, 0.717) is 6.07 Å². The Kier molecular flexibility index (Phi) is 5.39. The molecule has 8 nitrogen and oxygen atoms in total. The zero-order valence-electron chi connectivity index (χ0n) is 10.9. The van der Waals surface area contributed by atoms with E-state index in [0.717, 1.165) is 19.2 Å². The maximum absolute atomic E-state index is 13.2. The molecule has 1 rings (SSSR count). The monoisotopic (exact) mass is 340 g/mol. The Morgan fingerprint density at radius 1 is 1.33 bits per heavy atom. The van der Waals surface area contributed by atoms with Crippen LogP contribution in [-0.2, 0) is 24.8 Å². The van der Waals surface area contributed by atoms with Crippen LogP contribution in [0.25, 0.3) is 0 Å². The quantitative estimate of drug-likeness (QED) is 0.650. The molecule has 0 radical (unpaired) electrons. The highest BCUT2D eigenvalue weighted by Crippen LogP contribution is 2.18. The van der Waals surface area contributed by atoms with Crippen LogP contribution in [0.15, 0.2) is 23.1 Å². The number of hydrogen-bond acceptors (Lipinski definition) is 6. The van der Waals surface area contributed by atoms with Crippen molar-refractivity contribution in [2.75, 3.05) is 19.4 Å². The maximum Gasteiger partial charge on any atom is 0.339 e. The van der Waals surface area contributed by atoms with Crippen molar-refractivity contribution in [2.24, 2.45) is 5.14 Å². The molecule has 0 amide bonds. The van der Waals surface area contributed by atoms with Crippen molar-refractivity contribution in [1.29, 1.82) is 0 Å². The van der Waals surface area contributed by atoms with Crippen LogP contribution in [0.3, 0.4) is 0 Å². The van der Waals surface area contributed by atoms with E-state index in [-0.39, 0.29) is 5.56 Å². The van der Waals surface area contributed by atoms with Crippen LogP contribution in [0.2, 0.25) is 0 Å². The predicted octanol–water partition coefficient (Wildman–Crippen LogP) is -0.821. The predicted molar refractivity (Wildman–Crippen MR) is 70.9 cm³/mol. The zero-order chi connectivity index (χ0) is 16.3. The molecule has 0 bridgehead atoms. The minimum atomic E-state index is -4.30. The van der Waals surface area contributed by atoms with Crippen LogP contribution in [0.5, 0.6) is 0 Å².